The van der Waals surface area contributed by atoms with Crippen molar-refractivity contribution < 1.29 is 9.53 Å². The van der Waals surface area contributed by atoms with Gasteiger partial charge in [-0.3, -0.25) is 0 Å². The Bertz CT molecular complexity index is 733. The molecule has 0 spiro atoms. The first-order valence-electron chi connectivity index (χ1n) is 6.56. The number of hydrogen-bond donors (Lipinski definition) is 0. The number of esters is 1. The van der Waals surface area contributed by atoms with Crippen LogP contribution in [-0.2, 0) is 16.1 Å². The summed E-state index contributed by atoms with van der Waals surface area (Å²) in [5.41, 5.74) is 2.31. The Kier molecular flexibility index (Phi) is 4.43. The van der Waals surface area contributed by atoms with Gasteiger partial charge in [0.1, 0.15) is 6.61 Å². The van der Waals surface area contributed by atoms with E-state index >= 15 is 0 Å². The van der Waals surface area contributed by atoms with E-state index in [9.17, 15) is 4.79 Å². The Morgan fingerprint density at radius 1 is 1.05 bits per heavy atom. The predicted octanol–water partition coefficient (Wildman–Crippen LogP) is 4.16. The van der Waals surface area contributed by atoms with Gasteiger partial charge in [-0.2, -0.15) is 0 Å². The molecule has 1 heterocycles. The highest BCUT2D eigenvalue weighted by Gasteiger charge is 2.09. The van der Waals surface area contributed by atoms with Gasteiger partial charge in [0, 0.05) is 27.9 Å². The summed E-state index contributed by atoms with van der Waals surface area (Å²) in [6.07, 6.45) is 1.19. The standard InChI is InChI=1S/C17H15NO2.CH4/c1-2-17(19)20-12-11-18-15-9-5-3-7-13(15)14-8-4-6-10-16(14)18;/h2-10H,1,11-12H2;1H4. The zero-order chi connectivity index (χ0) is 13.9. The molecule has 0 unspecified atom stereocenters. The van der Waals surface area contributed by atoms with Gasteiger partial charge in [0.05, 0.1) is 6.54 Å². The molecular formula is C18H19NO2. The number of hydrogen-bond acceptors (Lipinski definition) is 2. The fraction of sp³-hybridized carbons (Fsp3) is 0.167. The third-order valence-corrected chi connectivity index (χ3v) is 3.41. The van der Waals surface area contributed by atoms with Gasteiger partial charge in [0.2, 0.25) is 0 Å². The molecule has 0 fully saturated rings. The van der Waals surface area contributed by atoms with Crippen LogP contribution in [0.5, 0.6) is 0 Å². The number of carbonyl (C=O) groups excluding carboxylic acids is 1. The van der Waals surface area contributed by atoms with Gasteiger partial charge in [-0.25, -0.2) is 4.79 Å². The van der Waals surface area contributed by atoms with E-state index in [2.05, 4.69) is 35.4 Å². The molecule has 0 amide bonds. The topological polar surface area (TPSA) is 31.2 Å². The van der Waals surface area contributed by atoms with Crippen LogP contribution in [0.15, 0.2) is 61.2 Å². The molecule has 0 radical (unpaired) electrons. The van der Waals surface area contributed by atoms with Gasteiger partial charge in [-0.1, -0.05) is 50.4 Å². The summed E-state index contributed by atoms with van der Waals surface area (Å²) in [6, 6.07) is 16.5. The van der Waals surface area contributed by atoms with E-state index in [0.29, 0.717) is 13.2 Å². The molecule has 0 saturated heterocycles. The van der Waals surface area contributed by atoms with E-state index in [4.69, 9.17) is 4.74 Å². The summed E-state index contributed by atoms with van der Waals surface area (Å²) in [5.74, 6) is -0.384. The van der Waals surface area contributed by atoms with Crippen LogP contribution < -0.4 is 0 Å². The van der Waals surface area contributed by atoms with Crippen molar-refractivity contribution in [2.24, 2.45) is 0 Å². The smallest absolute Gasteiger partial charge is 0.330 e. The summed E-state index contributed by atoms with van der Waals surface area (Å²) in [4.78, 5) is 11.1. The van der Waals surface area contributed by atoms with Crippen LogP contribution >= 0.6 is 0 Å². The molecule has 108 valence electrons. The summed E-state index contributed by atoms with van der Waals surface area (Å²) in [6.45, 7) is 4.37. The minimum atomic E-state index is -0.384. The van der Waals surface area contributed by atoms with E-state index in [-0.39, 0.29) is 13.4 Å². The van der Waals surface area contributed by atoms with Crippen molar-refractivity contribution in [3.8, 4) is 0 Å². The molecule has 0 bridgehead atoms. The maximum Gasteiger partial charge on any atom is 0.330 e. The van der Waals surface area contributed by atoms with Crippen LogP contribution in [0.4, 0.5) is 0 Å². The number of nitrogens with zero attached hydrogens (tertiary/aromatic N) is 1. The molecule has 0 aliphatic heterocycles. The summed E-state index contributed by atoms with van der Waals surface area (Å²) < 4.78 is 7.27. The molecule has 0 aliphatic carbocycles. The first-order chi connectivity index (χ1) is 9.81. The van der Waals surface area contributed by atoms with Gasteiger partial charge in [0.25, 0.3) is 0 Å². The Labute approximate surface area is 124 Å². The normalized spacial score (nSPS) is 10.3. The zero-order valence-electron chi connectivity index (χ0n) is 11.1. The van der Waals surface area contributed by atoms with Crippen molar-refractivity contribution >= 4 is 27.8 Å². The van der Waals surface area contributed by atoms with Crippen molar-refractivity contribution in [2.45, 2.75) is 14.0 Å². The third-order valence-electron chi connectivity index (χ3n) is 3.41. The maximum atomic E-state index is 11.1. The molecule has 3 heteroatoms. The second kappa shape index (κ2) is 6.27. The van der Waals surface area contributed by atoms with Gasteiger partial charge in [-0.15, -0.1) is 0 Å². The van der Waals surface area contributed by atoms with Gasteiger partial charge in [-0.05, 0) is 12.1 Å². The lowest BCUT2D eigenvalue weighted by atomic mass is 10.2. The lowest BCUT2D eigenvalue weighted by molar-refractivity contribution is -0.137. The van der Waals surface area contributed by atoms with E-state index in [1.165, 1.54) is 16.8 Å². The van der Waals surface area contributed by atoms with Gasteiger partial charge in [0.15, 0.2) is 0 Å². The lowest BCUT2D eigenvalue weighted by Crippen LogP contribution is -2.09. The summed E-state index contributed by atoms with van der Waals surface area (Å²) >= 11 is 0. The molecule has 3 nitrogen and oxygen atoms in total. The van der Waals surface area contributed by atoms with Crippen molar-refractivity contribution in [3.63, 3.8) is 0 Å². The number of rotatable bonds is 4. The number of ether oxygens (including phenoxy) is 1. The van der Waals surface area contributed by atoms with Gasteiger partial charge >= 0.3 is 5.97 Å². The first-order valence-corrected chi connectivity index (χ1v) is 6.56. The minimum absolute atomic E-state index is 0. The Morgan fingerprint density at radius 2 is 1.57 bits per heavy atom. The van der Waals surface area contributed by atoms with Crippen LogP contribution in [0, 0.1) is 0 Å². The van der Waals surface area contributed by atoms with Crippen molar-refractivity contribution in [3.05, 3.63) is 61.2 Å². The molecule has 21 heavy (non-hydrogen) atoms. The number of aromatic nitrogens is 1. The Morgan fingerprint density at radius 3 is 2.10 bits per heavy atom. The Hall–Kier alpha value is -2.55. The number of fused-ring (bicyclic) bond motifs is 3. The molecule has 0 atom stereocenters. The average molecular weight is 281 g/mol. The molecular weight excluding hydrogens is 262 g/mol. The minimum Gasteiger partial charge on any atom is -0.461 e. The van der Waals surface area contributed by atoms with Crippen LogP contribution in [0.25, 0.3) is 21.8 Å². The molecule has 1 aromatic heterocycles. The number of para-hydroxylation sites is 2. The van der Waals surface area contributed by atoms with Gasteiger partial charge < -0.3 is 9.30 Å². The third kappa shape index (κ3) is 2.68. The van der Waals surface area contributed by atoms with E-state index < -0.39 is 0 Å². The molecule has 3 rings (SSSR count). The quantitative estimate of drug-likeness (QED) is 0.531. The van der Waals surface area contributed by atoms with Crippen molar-refractivity contribution in [2.75, 3.05) is 6.61 Å². The molecule has 2 aromatic carbocycles. The van der Waals surface area contributed by atoms with Crippen molar-refractivity contribution in [1.82, 2.24) is 4.57 Å². The summed E-state index contributed by atoms with van der Waals surface area (Å²) in [5, 5.41) is 2.44. The predicted molar refractivity (Wildman–Crippen MR) is 87.3 cm³/mol. The highest BCUT2D eigenvalue weighted by atomic mass is 16.5. The number of carbonyl (C=O) groups is 1. The fourth-order valence-electron chi connectivity index (χ4n) is 2.54. The van der Waals surface area contributed by atoms with E-state index in [1.54, 1.807) is 0 Å². The van der Waals surface area contributed by atoms with Crippen LogP contribution in [0.3, 0.4) is 0 Å². The highest BCUT2D eigenvalue weighted by molar-refractivity contribution is 6.07. The molecule has 0 aliphatic rings. The van der Waals surface area contributed by atoms with E-state index in [0.717, 1.165) is 11.0 Å². The Balaban J connectivity index is 0.00000161. The fourth-order valence-corrected chi connectivity index (χ4v) is 2.54. The molecule has 3 aromatic rings. The van der Waals surface area contributed by atoms with E-state index in [1.807, 2.05) is 24.3 Å². The first kappa shape index (κ1) is 14.9. The second-order valence-corrected chi connectivity index (χ2v) is 4.56. The lowest BCUT2D eigenvalue weighted by Gasteiger charge is -2.07. The zero-order valence-corrected chi connectivity index (χ0v) is 11.1. The van der Waals surface area contributed by atoms with Crippen LogP contribution in [0.1, 0.15) is 7.43 Å². The largest absolute Gasteiger partial charge is 0.461 e. The summed E-state index contributed by atoms with van der Waals surface area (Å²) in [7, 11) is 0. The van der Waals surface area contributed by atoms with Crippen LogP contribution in [0.2, 0.25) is 0 Å². The molecule has 0 saturated carbocycles. The molecule has 0 N–H and O–H groups in total. The van der Waals surface area contributed by atoms with Crippen LogP contribution in [-0.4, -0.2) is 17.1 Å². The SMILES string of the molecule is C.C=CC(=O)OCCn1c2ccccc2c2ccccc21. The monoisotopic (exact) mass is 281 g/mol. The van der Waals surface area contributed by atoms with Crippen molar-refractivity contribution in [1.29, 1.82) is 0 Å². The number of benzene rings is 2. The average Bonchev–Trinajstić information content (AvgIpc) is 2.82. The second-order valence-electron chi connectivity index (χ2n) is 4.56. The maximum absolute atomic E-state index is 11.1. The highest BCUT2D eigenvalue weighted by Crippen LogP contribution is 2.28.